The number of aromatic nitrogens is 4. The summed E-state index contributed by atoms with van der Waals surface area (Å²) in [6.07, 6.45) is 3.02. The van der Waals surface area contributed by atoms with E-state index < -0.39 is 15.9 Å². The monoisotopic (exact) mass is 399 g/mol. The molecular weight excluding hydrogens is 378 g/mol. The van der Waals surface area contributed by atoms with Crippen LogP contribution in [0.1, 0.15) is 30.1 Å². The van der Waals surface area contributed by atoms with Crippen LogP contribution in [0.3, 0.4) is 0 Å². The number of hydrogen-bond donors (Lipinski definition) is 1. The summed E-state index contributed by atoms with van der Waals surface area (Å²) in [5, 5.41) is 14.1. The largest absolute Gasteiger partial charge is 0.348 e. The van der Waals surface area contributed by atoms with E-state index in [1.807, 2.05) is 37.3 Å². The number of nitrogens with zero attached hydrogens (tertiary/aromatic N) is 4. The maximum Gasteiger partial charge on any atom is 0.245 e. The molecule has 0 saturated carbocycles. The van der Waals surface area contributed by atoms with Gasteiger partial charge in [0.05, 0.1) is 10.9 Å². The SMILES string of the molecule is CC(NC(=O)C(Cc1ccccc1)n1cnnn1)c1ccc(S(C)(=O)=O)cc1. The molecule has 0 aliphatic rings. The number of nitrogens with one attached hydrogen (secondary N) is 1. The minimum Gasteiger partial charge on any atom is -0.348 e. The Hall–Kier alpha value is -3.07. The summed E-state index contributed by atoms with van der Waals surface area (Å²) in [6.45, 7) is 1.84. The van der Waals surface area contributed by atoms with Crippen LogP contribution in [0, 0.1) is 0 Å². The molecule has 2 unspecified atom stereocenters. The van der Waals surface area contributed by atoms with Gasteiger partial charge in [-0.25, -0.2) is 13.1 Å². The second-order valence-corrected chi connectivity index (χ2v) is 8.58. The molecule has 0 aliphatic carbocycles. The molecule has 0 fully saturated rings. The van der Waals surface area contributed by atoms with E-state index in [0.717, 1.165) is 17.4 Å². The summed E-state index contributed by atoms with van der Waals surface area (Å²) < 4.78 is 24.6. The van der Waals surface area contributed by atoms with E-state index in [0.29, 0.717) is 6.42 Å². The van der Waals surface area contributed by atoms with Gasteiger partial charge in [0, 0.05) is 12.7 Å². The van der Waals surface area contributed by atoms with Crippen LogP contribution in [0.2, 0.25) is 0 Å². The lowest BCUT2D eigenvalue weighted by molar-refractivity contribution is -0.125. The lowest BCUT2D eigenvalue weighted by Crippen LogP contribution is -2.35. The predicted molar refractivity (Wildman–Crippen MR) is 103 cm³/mol. The van der Waals surface area contributed by atoms with Gasteiger partial charge < -0.3 is 5.32 Å². The normalized spacial score (nSPS) is 13.6. The number of sulfone groups is 1. The van der Waals surface area contributed by atoms with Crippen LogP contribution in [-0.4, -0.2) is 40.8 Å². The van der Waals surface area contributed by atoms with E-state index in [9.17, 15) is 13.2 Å². The standard InChI is InChI=1S/C19H21N5O3S/c1-14(16-8-10-17(11-9-16)28(2,26)27)21-19(25)18(24-13-20-22-23-24)12-15-6-4-3-5-7-15/h3-11,13-14,18H,12H2,1-2H3,(H,21,25). The topological polar surface area (TPSA) is 107 Å². The third kappa shape index (κ3) is 4.80. The number of carbonyl (C=O) groups excluding carboxylic acids is 1. The first-order valence-corrected chi connectivity index (χ1v) is 10.6. The molecule has 9 heteroatoms. The van der Waals surface area contributed by atoms with Crippen molar-refractivity contribution in [2.45, 2.75) is 30.3 Å². The first kappa shape index (κ1) is 19.7. The van der Waals surface area contributed by atoms with Crippen LogP contribution >= 0.6 is 0 Å². The second kappa shape index (κ2) is 8.30. The summed E-state index contributed by atoms with van der Waals surface area (Å²) in [5.74, 6) is -0.226. The molecule has 0 spiro atoms. The van der Waals surface area contributed by atoms with E-state index in [1.54, 1.807) is 12.1 Å². The summed E-state index contributed by atoms with van der Waals surface area (Å²) in [7, 11) is -3.26. The zero-order chi connectivity index (χ0) is 20.1. The fourth-order valence-electron chi connectivity index (χ4n) is 2.85. The highest BCUT2D eigenvalue weighted by atomic mass is 32.2. The number of amides is 1. The van der Waals surface area contributed by atoms with Crippen molar-refractivity contribution in [2.24, 2.45) is 0 Å². The fraction of sp³-hybridized carbons (Fsp3) is 0.263. The summed E-state index contributed by atoms with van der Waals surface area (Å²) in [6, 6.07) is 15.2. The van der Waals surface area contributed by atoms with Gasteiger partial charge in [-0.15, -0.1) is 5.10 Å². The van der Waals surface area contributed by atoms with Crippen LogP contribution in [0.5, 0.6) is 0 Å². The minimum absolute atomic E-state index is 0.226. The first-order valence-electron chi connectivity index (χ1n) is 8.71. The summed E-state index contributed by atoms with van der Waals surface area (Å²) in [4.78, 5) is 13.2. The molecular formula is C19H21N5O3S. The molecule has 1 amide bonds. The number of hydrogen-bond acceptors (Lipinski definition) is 6. The highest BCUT2D eigenvalue weighted by molar-refractivity contribution is 7.90. The van der Waals surface area contributed by atoms with E-state index >= 15 is 0 Å². The molecule has 2 atom stereocenters. The van der Waals surface area contributed by atoms with Crippen LogP contribution in [0.15, 0.2) is 65.8 Å². The average molecular weight is 399 g/mol. The molecule has 8 nitrogen and oxygen atoms in total. The van der Waals surface area contributed by atoms with Crippen LogP contribution in [-0.2, 0) is 21.1 Å². The van der Waals surface area contributed by atoms with Crippen molar-refractivity contribution in [1.29, 1.82) is 0 Å². The maximum atomic E-state index is 12.9. The molecule has 1 heterocycles. The number of tetrazole rings is 1. The highest BCUT2D eigenvalue weighted by Gasteiger charge is 2.24. The van der Waals surface area contributed by atoms with Crippen LogP contribution < -0.4 is 5.32 Å². The molecule has 3 aromatic rings. The van der Waals surface area contributed by atoms with Crippen molar-refractivity contribution >= 4 is 15.7 Å². The van der Waals surface area contributed by atoms with Gasteiger partial charge in [0.15, 0.2) is 9.84 Å². The number of carbonyl (C=O) groups is 1. The summed E-state index contributed by atoms with van der Waals surface area (Å²) in [5.41, 5.74) is 1.79. The molecule has 1 N–H and O–H groups in total. The lowest BCUT2D eigenvalue weighted by atomic mass is 10.0. The van der Waals surface area contributed by atoms with Crippen LogP contribution in [0.25, 0.3) is 0 Å². The first-order chi connectivity index (χ1) is 13.3. The molecule has 146 valence electrons. The van der Waals surface area contributed by atoms with E-state index in [4.69, 9.17) is 0 Å². The molecule has 0 radical (unpaired) electrons. The Balaban J connectivity index is 1.76. The van der Waals surface area contributed by atoms with E-state index in [2.05, 4.69) is 20.8 Å². The van der Waals surface area contributed by atoms with E-state index in [1.165, 1.54) is 23.1 Å². The van der Waals surface area contributed by atoms with Gasteiger partial charge in [-0.1, -0.05) is 42.5 Å². The van der Waals surface area contributed by atoms with Gasteiger partial charge in [-0.05, 0) is 40.6 Å². The Morgan fingerprint density at radius 2 is 1.79 bits per heavy atom. The molecule has 28 heavy (non-hydrogen) atoms. The Kier molecular flexibility index (Phi) is 5.84. The van der Waals surface area contributed by atoms with E-state index in [-0.39, 0.29) is 16.8 Å². The van der Waals surface area contributed by atoms with Crippen molar-refractivity contribution < 1.29 is 13.2 Å². The molecule has 0 saturated heterocycles. The quantitative estimate of drug-likeness (QED) is 0.648. The third-order valence-corrected chi connectivity index (χ3v) is 5.55. The molecule has 3 rings (SSSR count). The zero-order valence-electron chi connectivity index (χ0n) is 15.6. The molecule has 2 aromatic carbocycles. The van der Waals surface area contributed by atoms with Gasteiger partial charge in [-0.2, -0.15) is 0 Å². The summed E-state index contributed by atoms with van der Waals surface area (Å²) >= 11 is 0. The third-order valence-electron chi connectivity index (χ3n) is 4.43. The molecule has 0 bridgehead atoms. The van der Waals surface area contributed by atoms with Gasteiger partial charge in [-0.3, -0.25) is 4.79 Å². The van der Waals surface area contributed by atoms with Gasteiger partial charge in [0.25, 0.3) is 0 Å². The highest BCUT2D eigenvalue weighted by Crippen LogP contribution is 2.19. The lowest BCUT2D eigenvalue weighted by Gasteiger charge is -2.20. The molecule has 0 aliphatic heterocycles. The second-order valence-electron chi connectivity index (χ2n) is 6.57. The van der Waals surface area contributed by atoms with Crippen molar-refractivity contribution in [3.8, 4) is 0 Å². The maximum absolute atomic E-state index is 12.9. The average Bonchev–Trinajstić information content (AvgIpc) is 3.20. The fourth-order valence-corrected chi connectivity index (χ4v) is 3.48. The van der Waals surface area contributed by atoms with Gasteiger partial charge in [0.2, 0.25) is 5.91 Å². The number of rotatable bonds is 7. The number of benzene rings is 2. The minimum atomic E-state index is -3.26. The van der Waals surface area contributed by atoms with Crippen molar-refractivity contribution in [3.05, 3.63) is 72.1 Å². The smallest absolute Gasteiger partial charge is 0.245 e. The Bertz CT molecular complexity index is 1020. The van der Waals surface area contributed by atoms with Crippen molar-refractivity contribution in [1.82, 2.24) is 25.5 Å². The van der Waals surface area contributed by atoms with Crippen molar-refractivity contribution in [2.75, 3.05) is 6.26 Å². The Morgan fingerprint density at radius 3 is 2.36 bits per heavy atom. The van der Waals surface area contributed by atoms with Gasteiger partial charge >= 0.3 is 0 Å². The van der Waals surface area contributed by atoms with Gasteiger partial charge in [0.1, 0.15) is 12.4 Å². The Morgan fingerprint density at radius 1 is 1.11 bits per heavy atom. The van der Waals surface area contributed by atoms with Crippen molar-refractivity contribution in [3.63, 3.8) is 0 Å². The Labute approximate surface area is 163 Å². The molecule has 1 aromatic heterocycles. The predicted octanol–water partition coefficient (Wildman–Crippen LogP) is 1.74. The zero-order valence-corrected chi connectivity index (χ0v) is 16.4. The van der Waals surface area contributed by atoms with Crippen LogP contribution in [0.4, 0.5) is 0 Å².